The first-order chi connectivity index (χ1) is 10.6. The zero-order chi connectivity index (χ0) is 15.6. The number of nitrogens with one attached hydrogen (secondary N) is 1. The van der Waals surface area contributed by atoms with Crippen molar-refractivity contribution in [3.8, 4) is 0 Å². The number of piperazine rings is 1. The van der Waals surface area contributed by atoms with Gasteiger partial charge in [0.05, 0.1) is 17.5 Å². The maximum absolute atomic E-state index is 11.7. The highest BCUT2D eigenvalue weighted by molar-refractivity contribution is 5.43. The molecule has 0 aliphatic carbocycles. The SMILES string of the molecule is Cn1ncc(N2CCN(C[C@@]3(O)CCCNC3)CC2)cc1=O. The zero-order valence-corrected chi connectivity index (χ0v) is 13.2. The van der Waals surface area contributed by atoms with Crippen molar-refractivity contribution in [2.24, 2.45) is 7.05 Å². The first-order valence-electron chi connectivity index (χ1n) is 8.00. The Morgan fingerprint density at radius 3 is 2.77 bits per heavy atom. The average molecular weight is 307 g/mol. The summed E-state index contributed by atoms with van der Waals surface area (Å²) in [5.41, 5.74) is 0.216. The van der Waals surface area contributed by atoms with Crippen LogP contribution in [0.25, 0.3) is 0 Å². The van der Waals surface area contributed by atoms with Crippen LogP contribution in [0.2, 0.25) is 0 Å². The molecule has 7 nitrogen and oxygen atoms in total. The molecule has 22 heavy (non-hydrogen) atoms. The number of piperidine rings is 1. The number of anilines is 1. The van der Waals surface area contributed by atoms with Crippen LogP contribution in [-0.4, -0.2) is 71.2 Å². The summed E-state index contributed by atoms with van der Waals surface area (Å²) in [6.45, 7) is 5.94. The molecule has 3 heterocycles. The van der Waals surface area contributed by atoms with Gasteiger partial charge in [0.2, 0.25) is 0 Å². The number of aryl methyl sites for hydroxylation is 1. The Morgan fingerprint density at radius 2 is 2.14 bits per heavy atom. The Kier molecular flexibility index (Phi) is 4.46. The van der Waals surface area contributed by atoms with E-state index >= 15 is 0 Å². The lowest BCUT2D eigenvalue weighted by Crippen LogP contribution is -2.56. The van der Waals surface area contributed by atoms with E-state index in [4.69, 9.17) is 0 Å². The minimum Gasteiger partial charge on any atom is -0.387 e. The van der Waals surface area contributed by atoms with E-state index in [-0.39, 0.29) is 5.56 Å². The largest absolute Gasteiger partial charge is 0.387 e. The molecule has 2 N–H and O–H groups in total. The summed E-state index contributed by atoms with van der Waals surface area (Å²) >= 11 is 0. The predicted octanol–water partition coefficient (Wildman–Crippen LogP) is -0.983. The van der Waals surface area contributed by atoms with Crippen LogP contribution in [0.5, 0.6) is 0 Å². The molecule has 0 bridgehead atoms. The number of β-amino-alcohol motifs (C(OH)–C–C–N with tert-alkyl or cyclic N) is 1. The van der Waals surface area contributed by atoms with Gasteiger partial charge in [-0.15, -0.1) is 0 Å². The van der Waals surface area contributed by atoms with Crippen LogP contribution < -0.4 is 15.8 Å². The molecule has 0 unspecified atom stereocenters. The van der Waals surface area contributed by atoms with Crippen molar-refractivity contribution in [3.05, 3.63) is 22.6 Å². The number of hydrogen-bond acceptors (Lipinski definition) is 6. The molecular weight excluding hydrogens is 282 g/mol. The number of aromatic nitrogens is 2. The highest BCUT2D eigenvalue weighted by atomic mass is 16.3. The molecule has 0 radical (unpaired) electrons. The second kappa shape index (κ2) is 6.36. The van der Waals surface area contributed by atoms with Crippen molar-refractivity contribution in [2.75, 3.05) is 50.7 Å². The van der Waals surface area contributed by atoms with E-state index in [0.717, 1.165) is 57.8 Å². The van der Waals surface area contributed by atoms with Gasteiger partial charge in [0.25, 0.3) is 5.56 Å². The number of nitrogens with zero attached hydrogens (tertiary/aromatic N) is 4. The highest BCUT2D eigenvalue weighted by Crippen LogP contribution is 2.19. The fourth-order valence-electron chi connectivity index (χ4n) is 3.30. The first kappa shape index (κ1) is 15.5. The molecule has 0 spiro atoms. The fourth-order valence-corrected chi connectivity index (χ4v) is 3.30. The molecule has 1 aromatic rings. The lowest BCUT2D eigenvalue weighted by molar-refractivity contribution is -0.0164. The molecule has 1 aromatic heterocycles. The third-order valence-corrected chi connectivity index (χ3v) is 4.66. The molecular formula is C15H25N5O2. The van der Waals surface area contributed by atoms with Gasteiger partial charge >= 0.3 is 0 Å². The van der Waals surface area contributed by atoms with E-state index in [9.17, 15) is 9.90 Å². The van der Waals surface area contributed by atoms with Crippen LogP contribution in [0.15, 0.2) is 17.1 Å². The Balaban J connectivity index is 1.55. The molecule has 0 saturated carbocycles. The molecule has 0 aromatic carbocycles. The lowest BCUT2D eigenvalue weighted by Gasteiger charge is -2.41. The Labute approximate surface area is 130 Å². The number of aliphatic hydroxyl groups is 1. The molecule has 3 rings (SSSR count). The quantitative estimate of drug-likeness (QED) is 0.747. The summed E-state index contributed by atoms with van der Waals surface area (Å²) in [6, 6.07) is 1.64. The van der Waals surface area contributed by atoms with Crippen LogP contribution in [-0.2, 0) is 7.05 Å². The molecule has 0 amide bonds. The summed E-state index contributed by atoms with van der Waals surface area (Å²) in [6.07, 6.45) is 3.66. The van der Waals surface area contributed by atoms with Crippen molar-refractivity contribution >= 4 is 5.69 Å². The third kappa shape index (κ3) is 3.48. The van der Waals surface area contributed by atoms with E-state index in [2.05, 4.69) is 20.2 Å². The second-order valence-electron chi connectivity index (χ2n) is 6.44. The molecule has 2 aliphatic rings. The van der Waals surface area contributed by atoms with Gasteiger partial charge in [-0.05, 0) is 19.4 Å². The van der Waals surface area contributed by atoms with Crippen LogP contribution in [0, 0.1) is 0 Å². The average Bonchev–Trinajstić information content (AvgIpc) is 2.51. The standard InChI is InChI=1S/C15H25N5O2/c1-18-14(21)9-13(10-17-18)20-7-5-19(6-8-20)12-15(22)3-2-4-16-11-15/h9-10,16,22H,2-8,11-12H2,1H3/t15-/m1/s1. The summed E-state index contributed by atoms with van der Waals surface area (Å²) in [5.74, 6) is 0. The van der Waals surface area contributed by atoms with Gasteiger partial charge in [-0.1, -0.05) is 0 Å². The van der Waals surface area contributed by atoms with Gasteiger partial charge in [-0.25, -0.2) is 4.68 Å². The maximum Gasteiger partial charge on any atom is 0.268 e. The molecule has 2 fully saturated rings. The van der Waals surface area contributed by atoms with E-state index in [1.807, 2.05) is 0 Å². The Morgan fingerprint density at radius 1 is 1.36 bits per heavy atom. The van der Waals surface area contributed by atoms with E-state index in [0.29, 0.717) is 6.54 Å². The normalized spacial score (nSPS) is 27.1. The van der Waals surface area contributed by atoms with Crippen LogP contribution in [0.4, 0.5) is 5.69 Å². The van der Waals surface area contributed by atoms with Crippen molar-refractivity contribution in [2.45, 2.75) is 18.4 Å². The minimum atomic E-state index is -0.593. The second-order valence-corrected chi connectivity index (χ2v) is 6.44. The first-order valence-corrected chi connectivity index (χ1v) is 8.00. The van der Waals surface area contributed by atoms with Gasteiger partial charge in [0, 0.05) is 52.4 Å². The van der Waals surface area contributed by atoms with Gasteiger partial charge < -0.3 is 15.3 Å². The summed E-state index contributed by atoms with van der Waals surface area (Å²) in [4.78, 5) is 16.2. The van der Waals surface area contributed by atoms with Gasteiger partial charge in [-0.2, -0.15) is 5.10 Å². The highest BCUT2D eigenvalue weighted by Gasteiger charge is 2.32. The Hall–Kier alpha value is -1.44. The molecule has 1 atom stereocenters. The number of hydrogen-bond donors (Lipinski definition) is 2. The van der Waals surface area contributed by atoms with Crippen molar-refractivity contribution in [1.82, 2.24) is 20.0 Å². The van der Waals surface area contributed by atoms with Gasteiger partial charge in [0.15, 0.2) is 0 Å². The van der Waals surface area contributed by atoms with Crippen molar-refractivity contribution < 1.29 is 5.11 Å². The smallest absolute Gasteiger partial charge is 0.268 e. The molecule has 122 valence electrons. The van der Waals surface area contributed by atoms with Gasteiger partial charge in [0.1, 0.15) is 0 Å². The van der Waals surface area contributed by atoms with Gasteiger partial charge in [-0.3, -0.25) is 9.69 Å². The van der Waals surface area contributed by atoms with E-state index < -0.39 is 5.60 Å². The predicted molar refractivity (Wildman–Crippen MR) is 85.2 cm³/mol. The van der Waals surface area contributed by atoms with Crippen molar-refractivity contribution in [3.63, 3.8) is 0 Å². The minimum absolute atomic E-state index is 0.0810. The monoisotopic (exact) mass is 307 g/mol. The topological polar surface area (TPSA) is 73.6 Å². The molecule has 7 heteroatoms. The summed E-state index contributed by atoms with van der Waals surface area (Å²) in [7, 11) is 1.66. The zero-order valence-electron chi connectivity index (χ0n) is 13.2. The van der Waals surface area contributed by atoms with E-state index in [1.54, 1.807) is 19.3 Å². The van der Waals surface area contributed by atoms with Crippen molar-refractivity contribution in [1.29, 1.82) is 0 Å². The molecule has 2 aliphatic heterocycles. The third-order valence-electron chi connectivity index (χ3n) is 4.66. The van der Waals surface area contributed by atoms with Crippen LogP contribution in [0.3, 0.4) is 0 Å². The van der Waals surface area contributed by atoms with Crippen LogP contribution in [0.1, 0.15) is 12.8 Å². The van der Waals surface area contributed by atoms with E-state index in [1.165, 1.54) is 4.68 Å². The fraction of sp³-hybridized carbons (Fsp3) is 0.733. The lowest BCUT2D eigenvalue weighted by atomic mass is 9.93. The summed E-state index contributed by atoms with van der Waals surface area (Å²) < 4.78 is 1.34. The molecule has 2 saturated heterocycles. The Bertz CT molecular complexity index is 559. The maximum atomic E-state index is 11.7. The van der Waals surface area contributed by atoms with Crippen LogP contribution >= 0.6 is 0 Å². The number of rotatable bonds is 3. The summed E-state index contributed by atoms with van der Waals surface area (Å²) in [5, 5.41) is 18.0.